The van der Waals surface area contributed by atoms with Crippen molar-refractivity contribution in [1.82, 2.24) is 15.3 Å². The summed E-state index contributed by atoms with van der Waals surface area (Å²) in [5.74, 6) is 0.925. The normalized spacial score (nSPS) is 11.7. The van der Waals surface area contributed by atoms with E-state index in [0.717, 1.165) is 11.5 Å². The van der Waals surface area contributed by atoms with Gasteiger partial charge in [0, 0.05) is 17.7 Å². The van der Waals surface area contributed by atoms with E-state index in [0.29, 0.717) is 5.56 Å². The van der Waals surface area contributed by atoms with Crippen molar-refractivity contribution in [2.45, 2.75) is 53.0 Å². The number of nitrogens with one attached hydrogen (secondary N) is 1. The first-order chi connectivity index (χ1) is 7.70. The lowest BCUT2D eigenvalue weighted by Gasteiger charge is -2.21. The number of rotatable bonds is 2. The lowest BCUT2D eigenvalue weighted by molar-refractivity contribution is 0.0918. The van der Waals surface area contributed by atoms with Crippen molar-refractivity contribution in [1.29, 1.82) is 0 Å². The molecule has 0 saturated carbocycles. The van der Waals surface area contributed by atoms with Crippen LogP contribution in [0.25, 0.3) is 0 Å². The zero-order valence-corrected chi connectivity index (χ0v) is 11.5. The third-order valence-electron chi connectivity index (χ3n) is 2.25. The predicted molar refractivity (Wildman–Crippen MR) is 68.1 cm³/mol. The van der Waals surface area contributed by atoms with Crippen molar-refractivity contribution in [2.24, 2.45) is 0 Å². The van der Waals surface area contributed by atoms with Gasteiger partial charge in [0.05, 0.1) is 11.3 Å². The number of nitrogens with zero attached hydrogens (tertiary/aromatic N) is 2. The first-order valence-electron chi connectivity index (χ1n) is 5.87. The maximum atomic E-state index is 12.0. The van der Waals surface area contributed by atoms with E-state index in [9.17, 15) is 4.79 Å². The molecular formula is C13H21N3O. The van der Waals surface area contributed by atoms with E-state index in [2.05, 4.69) is 15.3 Å². The minimum absolute atomic E-state index is 0.120. The summed E-state index contributed by atoms with van der Waals surface area (Å²) < 4.78 is 0. The van der Waals surface area contributed by atoms with Crippen molar-refractivity contribution in [3.63, 3.8) is 0 Å². The molecule has 1 aromatic heterocycles. The minimum Gasteiger partial charge on any atom is -0.347 e. The fraction of sp³-hybridized carbons (Fsp3) is 0.615. The Labute approximate surface area is 103 Å². The molecule has 0 aliphatic heterocycles. The lowest BCUT2D eigenvalue weighted by atomic mass is 10.1. The molecule has 4 nitrogen and oxygen atoms in total. The van der Waals surface area contributed by atoms with Gasteiger partial charge < -0.3 is 5.32 Å². The highest BCUT2D eigenvalue weighted by Gasteiger charge is 2.18. The third-order valence-corrected chi connectivity index (χ3v) is 2.25. The number of carbonyl (C=O) groups excluding carboxylic acids is 1. The van der Waals surface area contributed by atoms with Crippen LogP contribution in [0.15, 0.2) is 6.20 Å². The molecule has 0 saturated heterocycles. The molecule has 0 aliphatic carbocycles. The van der Waals surface area contributed by atoms with Crippen LogP contribution in [0.1, 0.15) is 62.4 Å². The van der Waals surface area contributed by atoms with Crippen LogP contribution < -0.4 is 5.32 Å². The van der Waals surface area contributed by atoms with Crippen LogP contribution in [0, 0.1) is 6.92 Å². The van der Waals surface area contributed by atoms with Gasteiger partial charge >= 0.3 is 0 Å². The van der Waals surface area contributed by atoms with E-state index < -0.39 is 0 Å². The predicted octanol–water partition coefficient (Wildman–Crippen LogP) is 2.44. The van der Waals surface area contributed by atoms with Gasteiger partial charge in [-0.2, -0.15) is 0 Å². The molecule has 0 aromatic carbocycles. The summed E-state index contributed by atoms with van der Waals surface area (Å²) in [6, 6.07) is 0. The molecule has 94 valence electrons. The number of aromatic nitrogens is 2. The molecule has 0 radical (unpaired) electrons. The molecule has 0 fully saturated rings. The molecule has 1 amide bonds. The first-order valence-corrected chi connectivity index (χ1v) is 5.87. The second kappa shape index (κ2) is 4.82. The summed E-state index contributed by atoms with van der Waals surface area (Å²) in [7, 11) is 0. The SMILES string of the molecule is Cc1nc(C(C)C)ncc1C(=O)NC(C)(C)C. The Morgan fingerprint density at radius 3 is 2.35 bits per heavy atom. The van der Waals surface area contributed by atoms with Gasteiger partial charge in [-0.1, -0.05) is 13.8 Å². The number of aryl methyl sites for hydroxylation is 1. The van der Waals surface area contributed by atoms with Crippen molar-refractivity contribution >= 4 is 5.91 Å². The molecule has 4 heteroatoms. The summed E-state index contributed by atoms with van der Waals surface area (Å²) in [4.78, 5) is 20.5. The van der Waals surface area contributed by atoms with E-state index in [4.69, 9.17) is 0 Å². The quantitative estimate of drug-likeness (QED) is 0.856. The van der Waals surface area contributed by atoms with Crippen LogP contribution in [-0.2, 0) is 0 Å². The lowest BCUT2D eigenvalue weighted by Crippen LogP contribution is -2.41. The number of amides is 1. The van der Waals surface area contributed by atoms with E-state index in [1.807, 2.05) is 41.5 Å². The van der Waals surface area contributed by atoms with Crippen LogP contribution in [0.5, 0.6) is 0 Å². The molecule has 0 unspecified atom stereocenters. The van der Waals surface area contributed by atoms with E-state index in [1.165, 1.54) is 0 Å². The summed E-state index contributed by atoms with van der Waals surface area (Å²) >= 11 is 0. The van der Waals surface area contributed by atoms with Gasteiger partial charge in [-0.05, 0) is 27.7 Å². The maximum Gasteiger partial charge on any atom is 0.255 e. The van der Waals surface area contributed by atoms with Crippen LogP contribution >= 0.6 is 0 Å². The Morgan fingerprint density at radius 1 is 1.35 bits per heavy atom. The van der Waals surface area contributed by atoms with Gasteiger partial charge in [0.2, 0.25) is 0 Å². The third kappa shape index (κ3) is 3.80. The molecule has 0 atom stereocenters. The number of hydrogen-bond donors (Lipinski definition) is 1. The molecule has 1 rings (SSSR count). The van der Waals surface area contributed by atoms with Gasteiger partial charge in [-0.25, -0.2) is 9.97 Å². The number of carbonyl (C=O) groups is 1. The van der Waals surface area contributed by atoms with Crippen molar-refractivity contribution in [3.05, 3.63) is 23.3 Å². The molecule has 0 aliphatic rings. The summed E-state index contributed by atoms with van der Waals surface area (Å²) in [5.41, 5.74) is 1.02. The largest absolute Gasteiger partial charge is 0.347 e. The van der Waals surface area contributed by atoms with Gasteiger partial charge in [0.1, 0.15) is 5.82 Å². The molecule has 17 heavy (non-hydrogen) atoms. The van der Waals surface area contributed by atoms with Crippen LogP contribution in [0.3, 0.4) is 0 Å². The highest BCUT2D eigenvalue weighted by atomic mass is 16.1. The molecule has 1 heterocycles. The van der Waals surface area contributed by atoms with Crippen molar-refractivity contribution in [2.75, 3.05) is 0 Å². The Hall–Kier alpha value is -1.45. The van der Waals surface area contributed by atoms with E-state index in [-0.39, 0.29) is 17.4 Å². The average molecular weight is 235 g/mol. The topological polar surface area (TPSA) is 54.9 Å². The standard InChI is InChI=1S/C13H21N3O/c1-8(2)11-14-7-10(9(3)15-11)12(17)16-13(4,5)6/h7-8H,1-6H3,(H,16,17). The smallest absolute Gasteiger partial charge is 0.255 e. The first kappa shape index (κ1) is 13.6. The van der Waals surface area contributed by atoms with Crippen LogP contribution in [-0.4, -0.2) is 21.4 Å². The molecule has 1 aromatic rings. The van der Waals surface area contributed by atoms with Crippen LogP contribution in [0.2, 0.25) is 0 Å². The summed E-state index contributed by atoms with van der Waals surface area (Å²) in [6.45, 7) is 11.7. The summed E-state index contributed by atoms with van der Waals surface area (Å²) in [5, 5.41) is 2.91. The van der Waals surface area contributed by atoms with Crippen LogP contribution in [0.4, 0.5) is 0 Å². The molecule has 0 spiro atoms. The Balaban J connectivity index is 2.96. The van der Waals surface area contributed by atoms with E-state index >= 15 is 0 Å². The van der Waals surface area contributed by atoms with Gasteiger partial charge in [-0.15, -0.1) is 0 Å². The molecule has 1 N–H and O–H groups in total. The van der Waals surface area contributed by atoms with Gasteiger partial charge in [0.15, 0.2) is 0 Å². The molecular weight excluding hydrogens is 214 g/mol. The Kier molecular flexibility index (Phi) is 3.86. The maximum absolute atomic E-state index is 12.0. The Bertz CT molecular complexity index is 419. The van der Waals surface area contributed by atoms with Crippen molar-refractivity contribution < 1.29 is 4.79 Å². The monoisotopic (exact) mass is 235 g/mol. The fourth-order valence-electron chi connectivity index (χ4n) is 1.39. The van der Waals surface area contributed by atoms with Gasteiger partial charge in [0.25, 0.3) is 5.91 Å². The second-order valence-electron chi connectivity index (χ2n) is 5.59. The number of hydrogen-bond acceptors (Lipinski definition) is 3. The second-order valence-corrected chi connectivity index (χ2v) is 5.59. The van der Waals surface area contributed by atoms with Gasteiger partial charge in [-0.3, -0.25) is 4.79 Å². The zero-order chi connectivity index (χ0) is 13.2. The Morgan fingerprint density at radius 2 is 1.94 bits per heavy atom. The fourth-order valence-corrected chi connectivity index (χ4v) is 1.39. The highest BCUT2D eigenvalue weighted by Crippen LogP contribution is 2.12. The molecule has 0 bridgehead atoms. The van der Waals surface area contributed by atoms with E-state index in [1.54, 1.807) is 6.20 Å². The average Bonchev–Trinajstić information content (AvgIpc) is 2.14. The highest BCUT2D eigenvalue weighted by molar-refractivity contribution is 5.95. The van der Waals surface area contributed by atoms with Crippen molar-refractivity contribution in [3.8, 4) is 0 Å². The minimum atomic E-state index is -0.250. The zero-order valence-electron chi connectivity index (χ0n) is 11.5. The summed E-state index contributed by atoms with van der Waals surface area (Å²) in [6.07, 6.45) is 1.61.